The summed E-state index contributed by atoms with van der Waals surface area (Å²) in [6.07, 6.45) is 0. The summed E-state index contributed by atoms with van der Waals surface area (Å²) >= 11 is 0. The molecule has 0 fully saturated rings. The van der Waals surface area contributed by atoms with E-state index in [9.17, 15) is 0 Å². The number of rotatable bonds is 0. The Bertz CT molecular complexity index is 95.7. The first-order chi connectivity index (χ1) is 6.00. The molecule has 19 heavy (non-hydrogen) atoms. The van der Waals surface area contributed by atoms with E-state index in [0.717, 1.165) is 0 Å². The molecule has 0 aromatic heterocycles. The molecule has 0 spiro atoms. The minimum atomic E-state index is -5.11. The molecular weight excluding hydrogens is 354 g/mol. The summed E-state index contributed by atoms with van der Waals surface area (Å²) in [5.74, 6) is 0. The maximum Gasteiger partial charge on any atom is 1.00 e. The number of hydrogen-bond acceptors (Lipinski definition) is 12. The van der Waals surface area contributed by atoms with Crippen molar-refractivity contribution in [3.8, 4) is 0 Å². The van der Waals surface area contributed by atoms with Crippen molar-refractivity contribution in [3.05, 3.63) is 0 Å². The van der Waals surface area contributed by atoms with Crippen molar-refractivity contribution < 1.29 is 128 Å². The van der Waals surface area contributed by atoms with Gasteiger partial charge in [-0.3, -0.25) is 0 Å². The topological polar surface area (TPSA) is 311 Å². The Kier molecular flexibility index (Phi) is 40.9. The Morgan fingerprint density at radius 2 is 0.474 bits per heavy atom. The van der Waals surface area contributed by atoms with Crippen LogP contribution in [0.15, 0.2) is 0 Å². The van der Waals surface area contributed by atoms with Gasteiger partial charge in [-0.05, 0) is 0 Å². The maximum absolute atomic E-state index is 8.80. The second-order valence-electron chi connectivity index (χ2n) is 1.75. The maximum atomic E-state index is 8.80. The fourth-order valence-corrected chi connectivity index (χ4v) is 0. The smallest absolute Gasteiger partial charge is 0.828 e. The third kappa shape index (κ3) is 1500. The van der Waals surface area contributed by atoms with Crippen molar-refractivity contribution >= 4 is 27.1 Å². The molecule has 14 N–H and O–H groups in total. The van der Waals surface area contributed by atoms with Crippen molar-refractivity contribution in [2.75, 3.05) is 0 Å². The Morgan fingerprint density at radius 1 is 0.474 bits per heavy atom. The van der Waals surface area contributed by atoms with Gasteiger partial charge in [-0.15, -0.1) is 0 Å². The molecule has 0 aliphatic heterocycles. The van der Waals surface area contributed by atoms with E-state index in [1.54, 1.807) is 0 Å². The fraction of sp³-hybridized carbons (Fsp3) is 0. The van der Waals surface area contributed by atoms with Gasteiger partial charge in [0.05, 0.1) is 0 Å². The van der Waals surface area contributed by atoms with Crippen LogP contribution in [-0.2, 0) is 0 Å². The SMILES string of the molecule is O.O.O[Si](O)(O)O.O[Si](O)(O)O.[Na+].[Na+].[O-][Si]([O-])(O)O. The van der Waals surface area contributed by atoms with Gasteiger partial charge in [-0.2, -0.15) is 0 Å². The molecule has 0 aromatic carbocycles. The van der Waals surface area contributed by atoms with Crippen molar-refractivity contribution in [1.82, 2.24) is 0 Å². The molecule has 0 unspecified atom stereocenters. The van der Waals surface area contributed by atoms with Crippen LogP contribution in [0.2, 0.25) is 0 Å². The van der Waals surface area contributed by atoms with Gasteiger partial charge in [-0.1, -0.05) is 0 Å². The molecular formula is H14Na2O14Si3. The van der Waals surface area contributed by atoms with Crippen molar-refractivity contribution in [2.45, 2.75) is 0 Å². The Labute approximate surface area is 153 Å². The fourth-order valence-electron chi connectivity index (χ4n) is 0. The van der Waals surface area contributed by atoms with Gasteiger partial charge in [0, 0.05) is 0 Å². The van der Waals surface area contributed by atoms with Crippen LogP contribution in [-0.4, -0.2) is 86.1 Å². The molecule has 0 aromatic rings. The zero-order valence-electron chi connectivity index (χ0n) is 9.79. The summed E-state index contributed by atoms with van der Waals surface area (Å²) in [5, 5.41) is 0. The Morgan fingerprint density at radius 3 is 0.474 bits per heavy atom. The second kappa shape index (κ2) is 18.1. The van der Waals surface area contributed by atoms with Crippen LogP contribution >= 0.6 is 0 Å². The van der Waals surface area contributed by atoms with Crippen molar-refractivity contribution in [3.63, 3.8) is 0 Å². The summed E-state index contributed by atoms with van der Waals surface area (Å²) in [5.41, 5.74) is 0. The second-order valence-corrected chi connectivity index (χ2v) is 5.25. The molecule has 19 heteroatoms. The zero-order chi connectivity index (χ0) is 13.5. The Balaban J connectivity index is -0.0000000206. The van der Waals surface area contributed by atoms with Crippen molar-refractivity contribution in [2.24, 2.45) is 0 Å². The molecule has 0 amide bonds. The van der Waals surface area contributed by atoms with E-state index in [0.29, 0.717) is 0 Å². The van der Waals surface area contributed by atoms with E-state index in [4.69, 9.17) is 57.5 Å². The minimum absolute atomic E-state index is 0. The normalized spacial score (nSPS) is 9.47. The van der Waals surface area contributed by atoms with Gasteiger partial charge in [-0.25, -0.2) is 0 Å². The molecule has 0 atom stereocenters. The number of hydrogen-bond donors (Lipinski definition) is 10. The molecule has 112 valence electrons. The third-order valence-electron chi connectivity index (χ3n) is 0. The van der Waals surface area contributed by atoms with Crippen LogP contribution in [0, 0.1) is 0 Å². The predicted molar refractivity (Wildman–Crippen MR) is 46.7 cm³/mol. The largest absolute Gasteiger partial charge is 1.00 e. The molecule has 0 radical (unpaired) electrons. The van der Waals surface area contributed by atoms with E-state index in [-0.39, 0.29) is 70.1 Å². The molecule has 0 rings (SSSR count). The van der Waals surface area contributed by atoms with Crippen LogP contribution in [0.4, 0.5) is 0 Å². The van der Waals surface area contributed by atoms with Gasteiger partial charge in [0.1, 0.15) is 9.05 Å². The van der Waals surface area contributed by atoms with Crippen LogP contribution < -0.4 is 68.7 Å². The molecule has 0 saturated heterocycles. The molecule has 0 bridgehead atoms. The first-order valence-corrected chi connectivity index (χ1v) is 7.93. The van der Waals surface area contributed by atoms with E-state index in [1.807, 2.05) is 0 Å². The molecule has 0 aliphatic carbocycles. The van der Waals surface area contributed by atoms with Gasteiger partial charge in [0.25, 0.3) is 0 Å². The summed E-state index contributed by atoms with van der Waals surface area (Å²) in [6, 6.07) is 0. The molecule has 0 heterocycles. The monoisotopic (exact) mass is 368 g/mol. The van der Waals surface area contributed by atoms with Crippen LogP contribution in [0.1, 0.15) is 0 Å². The van der Waals surface area contributed by atoms with E-state index in [1.165, 1.54) is 0 Å². The summed E-state index contributed by atoms with van der Waals surface area (Å²) in [4.78, 5) is 90.4. The quantitative estimate of drug-likeness (QED) is 0.178. The van der Waals surface area contributed by atoms with Gasteiger partial charge in [0.2, 0.25) is 0 Å². The predicted octanol–water partition coefficient (Wildman–Crippen LogP) is -16.7. The van der Waals surface area contributed by atoms with Crippen LogP contribution in [0.25, 0.3) is 0 Å². The van der Waals surface area contributed by atoms with Gasteiger partial charge < -0.3 is 68.5 Å². The van der Waals surface area contributed by atoms with Gasteiger partial charge in [0.15, 0.2) is 0 Å². The first kappa shape index (κ1) is 42.9. The average Bonchev–Trinajstić information content (AvgIpc) is 1.41. The molecule has 0 aliphatic rings. The van der Waals surface area contributed by atoms with Gasteiger partial charge >= 0.3 is 77.2 Å². The summed E-state index contributed by atoms with van der Waals surface area (Å²) in [6.45, 7) is 0. The third-order valence-corrected chi connectivity index (χ3v) is 0. The molecule has 14 nitrogen and oxygen atoms in total. The average molecular weight is 368 g/mol. The summed E-state index contributed by atoms with van der Waals surface area (Å²) < 4.78 is 0. The van der Waals surface area contributed by atoms with E-state index >= 15 is 0 Å². The van der Waals surface area contributed by atoms with E-state index < -0.39 is 27.1 Å². The van der Waals surface area contributed by atoms with E-state index in [2.05, 4.69) is 0 Å². The van der Waals surface area contributed by atoms with Crippen molar-refractivity contribution in [1.29, 1.82) is 0 Å². The Hall–Kier alpha value is 2.09. The standard InChI is InChI=1S/2Na.2H4O4Si.H2O4Si.2H2O/c;;3*1-5(2,3)4;;/h;;2*1-4H;1-2H;2*1H2/q2*+1;;;-2;;. The molecule has 0 saturated carbocycles. The van der Waals surface area contributed by atoms with Crippen LogP contribution in [0.3, 0.4) is 0 Å². The van der Waals surface area contributed by atoms with Crippen LogP contribution in [0.5, 0.6) is 0 Å². The zero-order valence-corrected chi connectivity index (χ0v) is 16.8. The summed E-state index contributed by atoms with van der Waals surface area (Å²) in [7, 11) is -14.3. The first-order valence-electron chi connectivity index (χ1n) is 2.64. The minimum Gasteiger partial charge on any atom is -0.828 e.